The van der Waals surface area contributed by atoms with E-state index in [4.69, 9.17) is 0 Å². The van der Waals surface area contributed by atoms with E-state index in [9.17, 15) is 10.5 Å². The molecule has 194 valence electrons. The molecular weight excluding hydrogens is 549 g/mol. The first-order valence-electron chi connectivity index (χ1n) is 13.6. The van der Waals surface area contributed by atoms with Crippen molar-refractivity contribution < 1.29 is 0 Å². The van der Waals surface area contributed by atoms with E-state index in [1.54, 1.807) is 22.7 Å². The van der Waals surface area contributed by atoms with Gasteiger partial charge in [0.25, 0.3) is 0 Å². The van der Waals surface area contributed by atoms with E-state index in [-0.39, 0.29) is 0 Å². The summed E-state index contributed by atoms with van der Waals surface area (Å²) in [6, 6.07) is 46.7. The van der Waals surface area contributed by atoms with Crippen LogP contribution < -0.4 is 0 Å². The van der Waals surface area contributed by atoms with Gasteiger partial charge in [-0.25, -0.2) is 0 Å². The number of benzene rings is 6. The molecule has 0 aliphatic rings. The fraction of sp³-hybridized carbons (Fsp3) is 0. The number of fused-ring (bicyclic) bond motifs is 6. The summed E-state index contributed by atoms with van der Waals surface area (Å²) < 4.78 is 4.90. The molecule has 4 heteroatoms. The van der Waals surface area contributed by atoms with Crippen LogP contribution in [0, 0.1) is 22.7 Å². The maximum atomic E-state index is 10.6. The molecule has 2 nitrogen and oxygen atoms in total. The highest BCUT2D eigenvalue weighted by molar-refractivity contribution is 7.26. The Morgan fingerprint density at radius 1 is 0.405 bits per heavy atom. The number of thiophene rings is 2. The molecule has 0 saturated heterocycles. The largest absolute Gasteiger partial charge is 0.192 e. The van der Waals surface area contributed by atoms with Gasteiger partial charge in [0.1, 0.15) is 6.07 Å². The van der Waals surface area contributed by atoms with Crippen molar-refractivity contribution in [2.75, 3.05) is 0 Å². The molecule has 8 aromatic rings. The van der Waals surface area contributed by atoms with Crippen molar-refractivity contribution >= 4 is 63.0 Å². The van der Waals surface area contributed by atoms with Gasteiger partial charge in [-0.2, -0.15) is 10.5 Å². The lowest BCUT2D eigenvalue weighted by molar-refractivity contribution is 1.46. The second-order valence-corrected chi connectivity index (χ2v) is 12.5. The molecule has 0 bridgehead atoms. The molecule has 0 saturated carbocycles. The van der Waals surface area contributed by atoms with Crippen LogP contribution in [0.25, 0.3) is 73.7 Å². The number of hydrogen-bond donors (Lipinski definition) is 0. The normalized spacial score (nSPS) is 11.3. The smallest absolute Gasteiger partial charge is 0.100 e. The molecule has 0 aliphatic heterocycles. The molecule has 6 aromatic carbocycles. The van der Waals surface area contributed by atoms with E-state index in [0.29, 0.717) is 11.1 Å². The summed E-state index contributed by atoms with van der Waals surface area (Å²) in [6.45, 7) is 0. The summed E-state index contributed by atoms with van der Waals surface area (Å²) in [7, 11) is 0. The SMILES string of the molecule is N#Cc1cccc(-c2cc(-c3ccc4c(c3)sc3ccccc34)c(C#N)c(-c3ccc4c(c3)sc3ccccc34)c2)c1. The average molecular weight is 569 g/mol. The highest BCUT2D eigenvalue weighted by atomic mass is 32.1. The van der Waals surface area contributed by atoms with Gasteiger partial charge in [0, 0.05) is 51.5 Å². The van der Waals surface area contributed by atoms with E-state index in [0.717, 1.165) is 33.4 Å². The minimum absolute atomic E-state index is 0.610. The first-order valence-corrected chi connectivity index (χ1v) is 15.3. The monoisotopic (exact) mass is 568 g/mol. The van der Waals surface area contributed by atoms with Crippen LogP contribution in [0.15, 0.2) is 121 Å². The van der Waals surface area contributed by atoms with Crippen LogP contribution in [-0.2, 0) is 0 Å². The predicted molar refractivity (Wildman–Crippen MR) is 178 cm³/mol. The second kappa shape index (κ2) is 9.68. The van der Waals surface area contributed by atoms with Gasteiger partial charge in [0.2, 0.25) is 0 Å². The standard InChI is InChI=1S/C38H20N2S2/c39-21-23-6-5-7-24(16-23)27-17-32(25-12-14-30-28-8-1-3-10-35(28)41-37(30)19-25)34(22-40)33(18-27)26-13-15-31-29-9-2-4-11-36(29)42-38(31)20-26/h1-20H. The van der Waals surface area contributed by atoms with Crippen LogP contribution in [-0.4, -0.2) is 0 Å². The van der Waals surface area contributed by atoms with Crippen LogP contribution in [0.4, 0.5) is 0 Å². The third-order valence-corrected chi connectivity index (χ3v) is 10.2. The third-order valence-electron chi connectivity index (χ3n) is 7.95. The maximum absolute atomic E-state index is 10.6. The Labute approximate surface area is 250 Å². The molecule has 0 spiro atoms. The molecule has 2 heterocycles. The highest BCUT2D eigenvalue weighted by Crippen LogP contribution is 2.42. The van der Waals surface area contributed by atoms with Gasteiger partial charge < -0.3 is 0 Å². The van der Waals surface area contributed by atoms with Crippen molar-refractivity contribution in [1.82, 2.24) is 0 Å². The zero-order valence-electron chi connectivity index (χ0n) is 22.3. The molecule has 0 amide bonds. The summed E-state index contributed by atoms with van der Waals surface area (Å²) >= 11 is 3.55. The molecule has 0 N–H and O–H groups in total. The van der Waals surface area contributed by atoms with Crippen LogP contribution in [0.5, 0.6) is 0 Å². The molecule has 0 fully saturated rings. The number of rotatable bonds is 3. The maximum Gasteiger partial charge on any atom is 0.100 e. The van der Waals surface area contributed by atoms with E-state index in [2.05, 4.69) is 109 Å². The van der Waals surface area contributed by atoms with Gasteiger partial charge in [-0.1, -0.05) is 72.8 Å². The fourth-order valence-electron chi connectivity index (χ4n) is 5.94. The van der Waals surface area contributed by atoms with Crippen molar-refractivity contribution in [1.29, 1.82) is 10.5 Å². The number of hydrogen-bond acceptors (Lipinski definition) is 4. The summed E-state index contributed by atoms with van der Waals surface area (Å²) in [5, 5.41) is 25.2. The summed E-state index contributed by atoms with van der Waals surface area (Å²) in [5.74, 6) is 0. The molecule has 0 radical (unpaired) electrons. The van der Waals surface area contributed by atoms with Crippen LogP contribution in [0.2, 0.25) is 0 Å². The highest BCUT2D eigenvalue weighted by Gasteiger charge is 2.18. The molecule has 8 rings (SSSR count). The zero-order valence-corrected chi connectivity index (χ0v) is 23.9. The van der Waals surface area contributed by atoms with Gasteiger partial charge >= 0.3 is 0 Å². The van der Waals surface area contributed by atoms with Crippen molar-refractivity contribution in [3.05, 3.63) is 132 Å². The first kappa shape index (κ1) is 24.5. The predicted octanol–water partition coefficient (Wildman–Crippen LogP) is 11.2. The van der Waals surface area contributed by atoms with Crippen LogP contribution in [0.1, 0.15) is 11.1 Å². The van der Waals surface area contributed by atoms with Gasteiger partial charge in [0.15, 0.2) is 0 Å². The Balaban J connectivity index is 1.39. The number of nitriles is 2. The Kier molecular flexibility index (Phi) is 5.66. The summed E-state index contributed by atoms with van der Waals surface area (Å²) in [6.07, 6.45) is 0. The van der Waals surface area contributed by atoms with Crippen molar-refractivity contribution in [3.8, 4) is 45.5 Å². The lowest BCUT2D eigenvalue weighted by Crippen LogP contribution is -1.93. The molecule has 0 atom stereocenters. The lowest BCUT2D eigenvalue weighted by Gasteiger charge is -2.15. The van der Waals surface area contributed by atoms with Gasteiger partial charge in [-0.15, -0.1) is 22.7 Å². The third kappa shape index (κ3) is 3.90. The average Bonchev–Trinajstić information content (AvgIpc) is 3.61. The molecule has 2 aromatic heterocycles. The lowest BCUT2D eigenvalue weighted by atomic mass is 9.88. The molecule has 0 aliphatic carbocycles. The van der Waals surface area contributed by atoms with Crippen molar-refractivity contribution in [2.45, 2.75) is 0 Å². The number of nitrogens with zero attached hydrogens (tertiary/aromatic N) is 2. The van der Waals surface area contributed by atoms with Gasteiger partial charge in [-0.3, -0.25) is 0 Å². The van der Waals surface area contributed by atoms with Gasteiger partial charge in [-0.05, 0) is 70.8 Å². The summed E-state index contributed by atoms with van der Waals surface area (Å²) in [5.41, 5.74) is 6.98. The van der Waals surface area contributed by atoms with E-state index < -0.39 is 0 Å². The van der Waals surface area contributed by atoms with Crippen molar-refractivity contribution in [3.63, 3.8) is 0 Å². The topological polar surface area (TPSA) is 47.6 Å². The second-order valence-electron chi connectivity index (χ2n) is 10.4. The quantitative estimate of drug-likeness (QED) is 0.213. The first-order chi connectivity index (χ1) is 20.7. The molecule has 0 unspecified atom stereocenters. The minimum Gasteiger partial charge on any atom is -0.192 e. The van der Waals surface area contributed by atoms with Gasteiger partial charge in [0.05, 0.1) is 17.2 Å². The summed E-state index contributed by atoms with van der Waals surface area (Å²) in [4.78, 5) is 0. The van der Waals surface area contributed by atoms with Crippen LogP contribution >= 0.6 is 22.7 Å². The Hall–Kier alpha value is -5.26. The fourth-order valence-corrected chi connectivity index (χ4v) is 8.23. The van der Waals surface area contributed by atoms with E-state index in [1.165, 1.54) is 40.3 Å². The molecular formula is C38H20N2S2. The molecule has 42 heavy (non-hydrogen) atoms. The zero-order chi connectivity index (χ0) is 28.2. The Morgan fingerprint density at radius 3 is 1.50 bits per heavy atom. The van der Waals surface area contributed by atoms with Crippen molar-refractivity contribution in [2.24, 2.45) is 0 Å². The Bertz CT molecular complexity index is 2310. The minimum atomic E-state index is 0.610. The van der Waals surface area contributed by atoms with E-state index in [1.807, 2.05) is 24.3 Å². The van der Waals surface area contributed by atoms with Crippen LogP contribution in [0.3, 0.4) is 0 Å². The van der Waals surface area contributed by atoms with E-state index >= 15 is 0 Å². The Morgan fingerprint density at radius 2 is 0.952 bits per heavy atom.